The lowest BCUT2D eigenvalue weighted by molar-refractivity contribution is 0.0561. The Morgan fingerprint density at radius 2 is 2.14 bits per heavy atom. The Morgan fingerprint density at radius 1 is 1.38 bits per heavy atom. The molecule has 112 valence electrons. The maximum Gasteiger partial charge on any atom is 0.373 e. The molecule has 1 heterocycles. The van der Waals surface area contributed by atoms with Gasteiger partial charge in [-0.2, -0.15) is 0 Å². The Morgan fingerprint density at radius 3 is 2.81 bits per heavy atom. The van der Waals surface area contributed by atoms with Gasteiger partial charge in [-0.1, -0.05) is 12.1 Å². The molecule has 0 amide bonds. The van der Waals surface area contributed by atoms with Crippen LogP contribution in [0.25, 0.3) is 0 Å². The molecule has 0 aliphatic rings. The lowest BCUT2D eigenvalue weighted by Gasteiger charge is -2.24. The lowest BCUT2D eigenvalue weighted by Crippen LogP contribution is -2.21. The van der Waals surface area contributed by atoms with Crippen molar-refractivity contribution < 1.29 is 19.1 Å². The second-order valence-electron chi connectivity index (χ2n) is 4.94. The fraction of sp³-hybridized carbons (Fsp3) is 0.312. The van der Waals surface area contributed by atoms with Crippen LogP contribution in [0.2, 0.25) is 0 Å². The number of carbonyl (C=O) groups is 1. The molecule has 0 bridgehead atoms. The molecule has 2 rings (SSSR count). The van der Waals surface area contributed by atoms with Gasteiger partial charge in [0.2, 0.25) is 5.76 Å². The zero-order valence-corrected chi connectivity index (χ0v) is 12.4. The van der Waals surface area contributed by atoms with Gasteiger partial charge < -0.3 is 14.3 Å². The number of esters is 1. The van der Waals surface area contributed by atoms with E-state index in [0.717, 1.165) is 5.56 Å². The van der Waals surface area contributed by atoms with Crippen molar-refractivity contribution in [3.05, 3.63) is 53.5 Å². The molecule has 1 aromatic heterocycles. The molecule has 5 heteroatoms. The van der Waals surface area contributed by atoms with Gasteiger partial charge in [-0.3, -0.25) is 4.90 Å². The van der Waals surface area contributed by atoms with Crippen molar-refractivity contribution in [3.63, 3.8) is 0 Å². The molecule has 0 aliphatic carbocycles. The summed E-state index contributed by atoms with van der Waals surface area (Å²) in [4.78, 5) is 13.4. The maximum absolute atomic E-state index is 11.3. The predicted molar refractivity (Wildman–Crippen MR) is 78.0 cm³/mol. The zero-order valence-electron chi connectivity index (χ0n) is 12.4. The minimum Gasteiger partial charge on any atom is -0.508 e. The molecule has 1 atom stereocenters. The number of methoxy groups -OCH3 is 1. The number of hydrogen-bond acceptors (Lipinski definition) is 5. The number of nitrogens with zero attached hydrogens (tertiary/aromatic N) is 1. The number of phenolic OH excluding ortho intramolecular Hbond substituents is 1. The number of aromatic hydroxyl groups is 1. The van der Waals surface area contributed by atoms with Gasteiger partial charge >= 0.3 is 5.97 Å². The van der Waals surface area contributed by atoms with E-state index in [1.165, 1.54) is 7.11 Å². The van der Waals surface area contributed by atoms with E-state index in [0.29, 0.717) is 12.3 Å². The number of rotatable bonds is 5. The van der Waals surface area contributed by atoms with Crippen LogP contribution < -0.4 is 0 Å². The average molecular weight is 289 g/mol. The highest BCUT2D eigenvalue weighted by molar-refractivity contribution is 5.86. The van der Waals surface area contributed by atoms with Gasteiger partial charge in [-0.25, -0.2) is 4.79 Å². The maximum atomic E-state index is 11.3. The van der Waals surface area contributed by atoms with Crippen molar-refractivity contribution in [3.8, 4) is 5.75 Å². The number of benzene rings is 1. The molecule has 0 fully saturated rings. The highest BCUT2D eigenvalue weighted by Gasteiger charge is 2.16. The van der Waals surface area contributed by atoms with Crippen molar-refractivity contribution in [2.24, 2.45) is 0 Å². The number of hydrogen-bond donors (Lipinski definition) is 1. The average Bonchev–Trinajstić information content (AvgIpc) is 2.94. The third-order valence-corrected chi connectivity index (χ3v) is 3.47. The van der Waals surface area contributed by atoms with E-state index in [-0.39, 0.29) is 17.6 Å². The van der Waals surface area contributed by atoms with Crippen molar-refractivity contribution in [1.29, 1.82) is 0 Å². The topological polar surface area (TPSA) is 62.9 Å². The molecule has 5 nitrogen and oxygen atoms in total. The molecular formula is C16H19NO4. The first kappa shape index (κ1) is 15.1. The van der Waals surface area contributed by atoms with Crippen LogP contribution in [-0.2, 0) is 11.3 Å². The number of carbonyl (C=O) groups excluding carboxylic acids is 1. The summed E-state index contributed by atoms with van der Waals surface area (Å²) in [6.07, 6.45) is 0. The quantitative estimate of drug-likeness (QED) is 0.857. The van der Waals surface area contributed by atoms with Crippen LogP contribution in [0.1, 0.15) is 34.8 Å². The van der Waals surface area contributed by atoms with E-state index in [9.17, 15) is 9.90 Å². The summed E-state index contributed by atoms with van der Waals surface area (Å²) in [5.74, 6) is 0.652. The molecular weight excluding hydrogens is 270 g/mol. The van der Waals surface area contributed by atoms with E-state index in [1.54, 1.807) is 24.3 Å². The van der Waals surface area contributed by atoms with Crippen molar-refractivity contribution in [1.82, 2.24) is 4.90 Å². The highest BCUT2D eigenvalue weighted by Crippen LogP contribution is 2.24. The fourth-order valence-corrected chi connectivity index (χ4v) is 2.10. The Labute approximate surface area is 123 Å². The summed E-state index contributed by atoms with van der Waals surface area (Å²) in [6.45, 7) is 2.59. The van der Waals surface area contributed by atoms with Gasteiger partial charge in [0.05, 0.1) is 13.7 Å². The minimum absolute atomic E-state index is 0.101. The third kappa shape index (κ3) is 3.64. The number of furan rings is 1. The van der Waals surface area contributed by atoms with E-state index >= 15 is 0 Å². The number of phenols is 1. The van der Waals surface area contributed by atoms with Crippen molar-refractivity contribution in [2.75, 3.05) is 14.2 Å². The highest BCUT2D eigenvalue weighted by atomic mass is 16.5. The Balaban J connectivity index is 2.05. The number of ether oxygens (including phenoxy) is 1. The summed E-state index contributed by atoms with van der Waals surface area (Å²) in [6, 6.07) is 10.6. The first-order valence-electron chi connectivity index (χ1n) is 6.67. The minimum atomic E-state index is -0.482. The van der Waals surface area contributed by atoms with E-state index in [4.69, 9.17) is 4.42 Å². The van der Waals surface area contributed by atoms with Crippen LogP contribution in [0, 0.1) is 0 Å². The van der Waals surface area contributed by atoms with Gasteiger partial charge in [-0.15, -0.1) is 0 Å². The molecule has 1 N–H and O–H groups in total. The monoisotopic (exact) mass is 289 g/mol. The van der Waals surface area contributed by atoms with E-state index in [1.807, 2.05) is 26.1 Å². The molecule has 2 aromatic rings. The summed E-state index contributed by atoms with van der Waals surface area (Å²) in [5, 5.41) is 9.54. The summed E-state index contributed by atoms with van der Waals surface area (Å²) in [7, 11) is 3.27. The van der Waals surface area contributed by atoms with Crippen LogP contribution in [0.4, 0.5) is 0 Å². The molecule has 0 radical (unpaired) electrons. The molecule has 0 saturated heterocycles. The molecule has 1 aromatic carbocycles. The van der Waals surface area contributed by atoms with Gasteiger partial charge in [0.15, 0.2) is 0 Å². The van der Waals surface area contributed by atoms with Crippen molar-refractivity contribution in [2.45, 2.75) is 19.5 Å². The molecule has 1 unspecified atom stereocenters. The van der Waals surface area contributed by atoms with E-state index in [2.05, 4.69) is 9.64 Å². The van der Waals surface area contributed by atoms with Gasteiger partial charge in [0.25, 0.3) is 0 Å². The van der Waals surface area contributed by atoms with Crippen LogP contribution >= 0.6 is 0 Å². The third-order valence-electron chi connectivity index (χ3n) is 3.47. The summed E-state index contributed by atoms with van der Waals surface area (Å²) in [5.41, 5.74) is 1.01. The Kier molecular flexibility index (Phi) is 4.65. The molecule has 0 aliphatic heterocycles. The molecule has 21 heavy (non-hydrogen) atoms. The molecule has 0 saturated carbocycles. The van der Waals surface area contributed by atoms with Gasteiger partial charge in [0.1, 0.15) is 11.5 Å². The Bertz CT molecular complexity index is 620. The summed E-state index contributed by atoms with van der Waals surface area (Å²) < 4.78 is 10.1. The SMILES string of the molecule is COC(=O)c1ccc(CN(C)C(C)c2cccc(O)c2)o1. The van der Waals surface area contributed by atoms with Gasteiger partial charge in [0, 0.05) is 6.04 Å². The van der Waals surface area contributed by atoms with Crippen LogP contribution in [0.5, 0.6) is 5.75 Å². The van der Waals surface area contributed by atoms with Crippen LogP contribution in [0.3, 0.4) is 0 Å². The smallest absolute Gasteiger partial charge is 0.373 e. The molecule has 0 spiro atoms. The van der Waals surface area contributed by atoms with Crippen LogP contribution in [0.15, 0.2) is 40.8 Å². The first-order chi connectivity index (χ1) is 10.0. The fourth-order valence-electron chi connectivity index (χ4n) is 2.10. The second-order valence-corrected chi connectivity index (χ2v) is 4.94. The summed E-state index contributed by atoms with van der Waals surface area (Å²) >= 11 is 0. The van der Waals surface area contributed by atoms with E-state index < -0.39 is 5.97 Å². The lowest BCUT2D eigenvalue weighted by atomic mass is 10.1. The zero-order chi connectivity index (χ0) is 15.4. The van der Waals surface area contributed by atoms with Crippen molar-refractivity contribution >= 4 is 5.97 Å². The largest absolute Gasteiger partial charge is 0.508 e. The standard InChI is InChI=1S/C16H19NO4/c1-11(12-5-4-6-13(18)9-12)17(2)10-14-7-8-15(21-14)16(19)20-3/h4-9,11,18H,10H2,1-3H3. The predicted octanol–water partition coefficient (Wildman–Crippen LogP) is 2.96. The second kappa shape index (κ2) is 6.45. The van der Waals surface area contributed by atoms with Crippen LogP contribution in [-0.4, -0.2) is 30.1 Å². The van der Waals surface area contributed by atoms with Gasteiger partial charge in [-0.05, 0) is 43.8 Å². The normalized spacial score (nSPS) is 12.4. The Hall–Kier alpha value is -2.27. The first-order valence-corrected chi connectivity index (χ1v) is 6.67.